The first kappa shape index (κ1) is 24.9. The lowest BCUT2D eigenvalue weighted by molar-refractivity contribution is -0.929. The predicted octanol–water partition coefficient (Wildman–Crippen LogP) is 5.82. The average Bonchev–Trinajstić information content (AvgIpc) is 2.63. The molecule has 0 fully saturated rings. The van der Waals surface area contributed by atoms with Gasteiger partial charge in [0.1, 0.15) is 13.1 Å². The van der Waals surface area contributed by atoms with Gasteiger partial charge in [0.15, 0.2) is 0 Å². The van der Waals surface area contributed by atoms with Crippen LogP contribution in [0, 0.1) is 0 Å². The molecule has 0 amide bonds. The highest BCUT2D eigenvalue weighted by molar-refractivity contribution is 4.51. The lowest BCUT2D eigenvalue weighted by Gasteiger charge is -2.39. The quantitative estimate of drug-likeness (QED) is 0.202. The van der Waals surface area contributed by atoms with Crippen molar-refractivity contribution in [3.63, 3.8) is 0 Å². The van der Waals surface area contributed by atoms with Gasteiger partial charge in [0.2, 0.25) is 0 Å². The molecule has 0 radical (unpaired) electrons. The van der Waals surface area contributed by atoms with E-state index in [2.05, 4.69) is 27.7 Å². The number of quaternary nitrogens is 1. The van der Waals surface area contributed by atoms with E-state index >= 15 is 0 Å². The molecule has 152 valence electrons. The molecule has 0 bridgehead atoms. The van der Waals surface area contributed by atoms with Crippen molar-refractivity contribution in [2.24, 2.45) is 0 Å². The van der Waals surface area contributed by atoms with E-state index in [1.165, 1.54) is 68.9 Å². The molecule has 3 heteroatoms. The Hall–Kier alpha value is -0.120. The minimum absolute atomic E-state index is 0.901. The molecule has 0 aromatic carbocycles. The fraction of sp³-hybridized carbons (Fsp3) is 1.00. The topological polar surface area (TPSA) is 18.5 Å². The van der Waals surface area contributed by atoms with E-state index in [0.717, 1.165) is 52.4 Å². The molecule has 0 aromatic heterocycles. The van der Waals surface area contributed by atoms with Crippen LogP contribution in [0.25, 0.3) is 0 Å². The number of unbranched alkanes of at least 4 members (excludes halogenated alkanes) is 6. The van der Waals surface area contributed by atoms with Crippen molar-refractivity contribution in [3.05, 3.63) is 0 Å². The van der Waals surface area contributed by atoms with Gasteiger partial charge < -0.3 is 14.0 Å². The molecule has 0 rings (SSSR count). The van der Waals surface area contributed by atoms with E-state index in [9.17, 15) is 0 Å². The second kappa shape index (κ2) is 18.7. The van der Waals surface area contributed by atoms with E-state index < -0.39 is 0 Å². The highest BCUT2D eigenvalue weighted by atomic mass is 16.5. The Morgan fingerprint density at radius 3 is 1.24 bits per heavy atom. The molecule has 0 aliphatic rings. The minimum Gasteiger partial charge on any atom is -0.376 e. The summed E-state index contributed by atoms with van der Waals surface area (Å²) in [6.45, 7) is 17.5. The molecule has 25 heavy (non-hydrogen) atoms. The molecule has 0 unspecified atom stereocenters. The van der Waals surface area contributed by atoms with Gasteiger partial charge in [-0.2, -0.15) is 0 Å². The first-order chi connectivity index (χ1) is 12.2. The summed E-state index contributed by atoms with van der Waals surface area (Å²) in [5.74, 6) is 0. The summed E-state index contributed by atoms with van der Waals surface area (Å²) in [7, 11) is 0. The van der Waals surface area contributed by atoms with Crippen molar-refractivity contribution in [2.75, 3.05) is 52.6 Å². The third-order valence-electron chi connectivity index (χ3n) is 5.09. The summed E-state index contributed by atoms with van der Waals surface area (Å²) in [5.41, 5.74) is 0. The molecule has 0 saturated heterocycles. The van der Waals surface area contributed by atoms with Gasteiger partial charge in [0.25, 0.3) is 0 Å². The van der Waals surface area contributed by atoms with Crippen LogP contribution in [0.1, 0.15) is 91.9 Å². The Morgan fingerprint density at radius 2 is 0.880 bits per heavy atom. The van der Waals surface area contributed by atoms with Crippen molar-refractivity contribution in [1.29, 1.82) is 0 Å². The molecule has 3 nitrogen and oxygen atoms in total. The zero-order valence-corrected chi connectivity index (χ0v) is 18.0. The van der Waals surface area contributed by atoms with Gasteiger partial charge in [-0.15, -0.1) is 0 Å². The number of rotatable bonds is 20. The van der Waals surface area contributed by atoms with Crippen LogP contribution in [0.4, 0.5) is 0 Å². The van der Waals surface area contributed by atoms with Crippen LogP contribution >= 0.6 is 0 Å². The van der Waals surface area contributed by atoms with Gasteiger partial charge in [0.05, 0.1) is 26.3 Å². The van der Waals surface area contributed by atoms with Crippen LogP contribution in [-0.2, 0) is 9.47 Å². The summed E-state index contributed by atoms with van der Waals surface area (Å²) in [5, 5.41) is 0. The van der Waals surface area contributed by atoms with Crippen molar-refractivity contribution in [2.45, 2.75) is 91.9 Å². The highest BCUT2D eigenvalue weighted by Gasteiger charge is 2.26. The maximum Gasteiger partial charge on any atom is 0.102 e. The summed E-state index contributed by atoms with van der Waals surface area (Å²) in [4.78, 5) is 0. The summed E-state index contributed by atoms with van der Waals surface area (Å²) < 4.78 is 12.9. The van der Waals surface area contributed by atoms with E-state index in [0.29, 0.717) is 0 Å². The normalized spacial score (nSPS) is 12.0. The average molecular weight is 359 g/mol. The number of hydrogen-bond acceptors (Lipinski definition) is 2. The summed E-state index contributed by atoms with van der Waals surface area (Å²) in [6.07, 6.45) is 13.0. The molecule has 0 spiro atoms. The van der Waals surface area contributed by atoms with Crippen molar-refractivity contribution in [3.8, 4) is 0 Å². The van der Waals surface area contributed by atoms with Gasteiger partial charge in [-0.05, 0) is 38.5 Å². The van der Waals surface area contributed by atoms with Crippen LogP contribution in [0.15, 0.2) is 0 Å². The second-order valence-corrected chi connectivity index (χ2v) is 7.58. The first-order valence-electron chi connectivity index (χ1n) is 11.2. The standard InChI is InChI=1S/C22H48NO2/c1-5-9-11-13-15-23(16-14-12-10-6-2,17-21-24-19-7-3)18-22-25-20-8-4/h5-22H2,1-4H3/q+1. The van der Waals surface area contributed by atoms with Crippen LogP contribution in [0.5, 0.6) is 0 Å². The van der Waals surface area contributed by atoms with Gasteiger partial charge in [-0.25, -0.2) is 0 Å². The number of nitrogens with zero attached hydrogens (tertiary/aromatic N) is 1. The van der Waals surface area contributed by atoms with E-state index in [4.69, 9.17) is 9.47 Å². The van der Waals surface area contributed by atoms with Crippen LogP contribution in [0.3, 0.4) is 0 Å². The van der Waals surface area contributed by atoms with Crippen LogP contribution in [-0.4, -0.2) is 57.1 Å². The van der Waals surface area contributed by atoms with Crippen LogP contribution < -0.4 is 0 Å². The Morgan fingerprint density at radius 1 is 0.440 bits per heavy atom. The van der Waals surface area contributed by atoms with E-state index in [1.54, 1.807) is 0 Å². The van der Waals surface area contributed by atoms with Gasteiger partial charge in [-0.3, -0.25) is 0 Å². The molecule has 0 N–H and O–H groups in total. The Balaban J connectivity index is 4.62. The molecule has 0 atom stereocenters. The minimum atomic E-state index is 0.901. The lowest BCUT2D eigenvalue weighted by Crippen LogP contribution is -2.53. The first-order valence-corrected chi connectivity index (χ1v) is 11.2. The molecular weight excluding hydrogens is 310 g/mol. The van der Waals surface area contributed by atoms with Crippen molar-refractivity contribution < 1.29 is 14.0 Å². The Bertz CT molecular complexity index is 205. The summed E-state index contributed by atoms with van der Waals surface area (Å²) in [6, 6.07) is 0. The van der Waals surface area contributed by atoms with Gasteiger partial charge in [0, 0.05) is 13.2 Å². The number of hydrogen-bond donors (Lipinski definition) is 0. The third-order valence-corrected chi connectivity index (χ3v) is 5.09. The molecule has 0 aromatic rings. The van der Waals surface area contributed by atoms with Gasteiger partial charge >= 0.3 is 0 Å². The Labute approximate surface area is 159 Å². The molecule has 0 aliphatic carbocycles. The van der Waals surface area contributed by atoms with Crippen molar-refractivity contribution >= 4 is 0 Å². The van der Waals surface area contributed by atoms with Crippen molar-refractivity contribution in [1.82, 2.24) is 0 Å². The fourth-order valence-corrected chi connectivity index (χ4v) is 3.43. The second-order valence-electron chi connectivity index (χ2n) is 7.58. The Kier molecular flexibility index (Phi) is 18.6. The van der Waals surface area contributed by atoms with Crippen LogP contribution in [0.2, 0.25) is 0 Å². The monoisotopic (exact) mass is 358 g/mol. The molecule has 0 saturated carbocycles. The van der Waals surface area contributed by atoms with E-state index in [1.807, 2.05) is 0 Å². The summed E-state index contributed by atoms with van der Waals surface area (Å²) >= 11 is 0. The maximum atomic E-state index is 5.86. The maximum absolute atomic E-state index is 5.86. The smallest absolute Gasteiger partial charge is 0.102 e. The molecular formula is C22H48NO2+. The predicted molar refractivity (Wildman–Crippen MR) is 110 cm³/mol. The van der Waals surface area contributed by atoms with E-state index in [-0.39, 0.29) is 0 Å². The molecule has 0 aliphatic heterocycles. The highest BCUT2D eigenvalue weighted by Crippen LogP contribution is 2.15. The largest absolute Gasteiger partial charge is 0.376 e. The lowest BCUT2D eigenvalue weighted by atomic mass is 10.1. The number of ether oxygens (including phenoxy) is 2. The third kappa shape index (κ3) is 14.7. The fourth-order valence-electron chi connectivity index (χ4n) is 3.43. The molecule has 0 heterocycles. The zero-order chi connectivity index (χ0) is 18.6. The van der Waals surface area contributed by atoms with Gasteiger partial charge in [-0.1, -0.05) is 53.4 Å². The SMILES string of the molecule is CCCCCC[N+](CCCCCC)(CCOCCC)CCOCCC. The zero-order valence-electron chi connectivity index (χ0n) is 18.0.